The van der Waals surface area contributed by atoms with Crippen molar-refractivity contribution in [2.24, 2.45) is 0 Å². The van der Waals surface area contributed by atoms with Crippen molar-refractivity contribution in [1.29, 1.82) is 0 Å². The summed E-state index contributed by atoms with van der Waals surface area (Å²) in [6.07, 6.45) is 3.52. The Morgan fingerprint density at radius 3 is 2.27 bits per heavy atom. The van der Waals surface area contributed by atoms with Crippen molar-refractivity contribution in [1.82, 2.24) is 5.32 Å². The van der Waals surface area contributed by atoms with Crippen molar-refractivity contribution in [3.8, 4) is 5.75 Å². The second-order valence-electron chi connectivity index (χ2n) is 6.99. The molecule has 2 rings (SSSR count). The highest BCUT2D eigenvalue weighted by atomic mass is 35.5. The summed E-state index contributed by atoms with van der Waals surface area (Å²) in [6.45, 7) is 4.46. The Bertz CT molecular complexity index is 915. The van der Waals surface area contributed by atoms with Gasteiger partial charge in [0.2, 0.25) is 15.9 Å². The molecule has 0 spiro atoms. The SMILES string of the molecule is CCCc1ccc(OCCNC(=O)[C@@H](CC)N(c2ccc(Cl)cc2)S(C)(=O)=O)cc1. The van der Waals surface area contributed by atoms with Gasteiger partial charge in [-0.15, -0.1) is 0 Å². The van der Waals surface area contributed by atoms with Gasteiger partial charge in [-0.2, -0.15) is 0 Å². The summed E-state index contributed by atoms with van der Waals surface area (Å²) in [4.78, 5) is 12.7. The van der Waals surface area contributed by atoms with Gasteiger partial charge in [0.1, 0.15) is 18.4 Å². The summed E-state index contributed by atoms with van der Waals surface area (Å²) in [7, 11) is -3.67. The first-order chi connectivity index (χ1) is 14.3. The highest BCUT2D eigenvalue weighted by Crippen LogP contribution is 2.24. The number of halogens is 1. The Morgan fingerprint density at radius 1 is 1.10 bits per heavy atom. The molecule has 164 valence electrons. The lowest BCUT2D eigenvalue weighted by molar-refractivity contribution is -0.122. The number of benzene rings is 2. The van der Waals surface area contributed by atoms with E-state index in [9.17, 15) is 13.2 Å². The van der Waals surface area contributed by atoms with Crippen LogP contribution >= 0.6 is 11.6 Å². The zero-order valence-electron chi connectivity index (χ0n) is 17.6. The fourth-order valence-corrected chi connectivity index (χ4v) is 4.49. The van der Waals surface area contributed by atoms with Crippen molar-refractivity contribution in [3.63, 3.8) is 0 Å². The van der Waals surface area contributed by atoms with Crippen molar-refractivity contribution >= 4 is 33.2 Å². The lowest BCUT2D eigenvalue weighted by Gasteiger charge is -2.30. The van der Waals surface area contributed by atoms with Gasteiger partial charge in [0.25, 0.3) is 0 Å². The first-order valence-corrected chi connectivity index (χ1v) is 12.2. The minimum Gasteiger partial charge on any atom is -0.492 e. The molecule has 1 N–H and O–H groups in total. The highest BCUT2D eigenvalue weighted by Gasteiger charge is 2.31. The molecule has 0 radical (unpaired) electrons. The molecule has 8 heteroatoms. The molecule has 6 nitrogen and oxygen atoms in total. The van der Waals surface area contributed by atoms with Gasteiger partial charge < -0.3 is 10.1 Å². The number of carbonyl (C=O) groups is 1. The van der Waals surface area contributed by atoms with E-state index < -0.39 is 16.1 Å². The molecule has 0 unspecified atom stereocenters. The van der Waals surface area contributed by atoms with E-state index in [1.165, 1.54) is 5.56 Å². The summed E-state index contributed by atoms with van der Waals surface area (Å²) in [5.41, 5.74) is 1.65. The highest BCUT2D eigenvalue weighted by molar-refractivity contribution is 7.92. The molecule has 0 aliphatic carbocycles. The molecule has 0 bridgehead atoms. The van der Waals surface area contributed by atoms with Gasteiger partial charge in [0.05, 0.1) is 18.5 Å². The maximum absolute atomic E-state index is 12.7. The predicted octanol–water partition coefficient (Wildman–Crippen LogP) is 4.03. The average Bonchev–Trinajstić information content (AvgIpc) is 2.70. The molecule has 0 fully saturated rings. The molecule has 0 heterocycles. The van der Waals surface area contributed by atoms with Crippen molar-refractivity contribution < 1.29 is 17.9 Å². The van der Waals surface area contributed by atoms with Crippen LogP contribution in [0.1, 0.15) is 32.3 Å². The van der Waals surface area contributed by atoms with Crippen LogP contribution in [0, 0.1) is 0 Å². The van der Waals surface area contributed by atoms with Crippen LogP contribution in [0.2, 0.25) is 5.02 Å². The van der Waals surface area contributed by atoms with Crippen LogP contribution < -0.4 is 14.4 Å². The summed E-state index contributed by atoms with van der Waals surface area (Å²) < 4.78 is 31.6. The first kappa shape index (κ1) is 24.0. The minimum atomic E-state index is -3.67. The summed E-state index contributed by atoms with van der Waals surface area (Å²) in [5.74, 6) is 0.356. The van der Waals surface area contributed by atoms with E-state index in [-0.39, 0.29) is 19.1 Å². The Labute approximate surface area is 184 Å². The second-order valence-corrected chi connectivity index (χ2v) is 9.29. The largest absolute Gasteiger partial charge is 0.492 e. The Morgan fingerprint density at radius 2 is 1.73 bits per heavy atom. The van der Waals surface area contributed by atoms with Gasteiger partial charge in [0.15, 0.2) is 0 Å². The standard InChI is InChI=1S/C22H29ClN2O4S/c1-4-6-17-7-13-20(14-8-17)29-16-15-24-22(26)21(5-2)25(30(3,27)28)19-11-9-18(23)10-12-19/h7-14,21H,4-6,15-16H2,1-3H3,(H,24,26)/t21-/m1/s1. The quantitative estimate of drug-likeness (QED) is 0.522. The van der Waals surface area contributed by atoms with Crippen LogP contribution in [0.25, 0.3) is 0 Å². The van der Waals surface area contributed by atoms with Gasteiger partial charge in [-0.1, -0.05) is 44.0 Å². The molecule has 30 heavy (non-hydrogen) atoms. The monoisotopic (exact) mass is 452 g/mol. The number of hydrogen-bond donors (Lipinski definition) is 1. The fourth-order valence-electron chi connectivity index (χ4n) is 3.15. The van der Waals surface area contributed by atoms with E-state index in [1.54, 1.807) is 31.2 Å². The van der Waals surface area contributed by atoms with E-state index >= 15 is 0 Å². The third kappa shape index (κ3) is 6.92. The number of carbonyl (C=O) groups excluding carboxylic acids is 1. The Hall–Kier alpha value is -2.25. The predicted molar refractivity (Wildman–Crippen MR) is 122 cm³/mol. The zero-order valence-corrected chi connectivity index (χ0v) is 19.2. The summed E-state index contributed by atoms with van der Waals surface area (Å²) >= 11 is 5.90. The third-order valence-corrected chi connectivity index (χ3v) is 5.97. The Balaban J connectivity index is 1.97. The molecule has 1 atom stereocenters. The molecule has 0 aliphatic heterocycles. The topological polar surface area (TPSA) is 75.7 Å². The third-order valence-electron chi connectivity index (χ3n) is 4.54. The van der Waals surface area contributed by atoms with Crippen LogP contribution in [0.3, 0.4) is 0 Å². The smallest absolute Gasteiger partial charge is 0.244 e. The second kappa shape index (κ2) is 11.2. The number of sulfonamides is 1. The maximum atomic E-state index is 12.7. The van der Waals surface area contributed by atoms with Crippen LogP contribution in [-0.4, -0.2) is 39.8 Å². The van der Waals surface area contributed by atoms with Gasteiger partial charge in [0, 0.05) is 5.02 Å². The summed E-state index contributed by atoms with van der Waals surface area (Å²) in [5, 5.41) is 3.26. The number of rotatable bonds is 11. The van der Waals surface area contributed by atoms with E-state index in [0.717, 1.165) is 29.2 Å². The molecule has 2 aromatic rings. The molecular formula is C22H29ClN2O4S. The molecule has 0 saturated carbocycles. The van der Waals surface area contributed by atoms with E-state index in [4.69, 9.17) is 16.3 Å². The lowest BCUT2D eigenvalue weighted by Crippen LogP contribution is -2.50. The van der Waals surface area contributed by atoms with Crippen LogP contribution in [0.4, 0.5) is 5.69 Å². The van der Waals surface area contributed by atoms with Crippen molar-refractivity contribution in [2.45, 2.75) is 39.2 Å². The number of anilines is 1. The molecular weight excluding hydrogens is 424 g/mol. The minimum absolute atomic E-state index is 0.268. The maximum Gasteiger partial charge on any atom is 0.244 e. The lowest BCUT2D eigenvalue weighted by atomic mass is 10.1. The van der Waals surface area contributed by atoms with E-state index in [1.807, 2.05) is 24.3 Å². The Kier molecular flexibility index (Phi) is 8.99. The van der Waals surface area contributed by atoms with Crippen LogP contribution in [-0.2, 0) is 21.2 Å². The average molecular weight is 453 g/mol. The molecule has 0 aromatic heterocycles. The van der Waals surface area contributed by atoms with Crippen molar-refractivity contribution in [2.75, 3.05) is 23.7 Å². The number of hydrogen-bond acceptors (Lipinski definition) is 4. The van der Waals surface area contributed by atoms with Crippen LogP contribution in [0.15, 0.2) is 48.5 Å². The van der Waals surface area contributed by atoms with Gasteiger partial charge in [-0.3, -0.25) is 9.10 Å². The van der Waals surface area contributed by atoms with E-state index in [2.05, 4.69) is 12.2 Å². The number of nitrogens with zero attached hydrogens (tertiary/aromatic N) is 1. The van der Waals surface area contributed by atoms with Crippen molar-refractivity contribution in [3.05, 3.63) is 59.1 Å². The fraction of sp³-hybridized carbons (Fsp3) is 0.409. The zero-order chi connectivity index (χ0) is 22.1. The number of ether oxygens (including phenoxy) is 1. The van der Waals surface area contributed by atoms with Gasteiger partial charge in [-0.25, -0.2) is 8.42 Å². The van der Waals surface area contributed by atoms with Gasteiger partial charge in [-0.05, 0) is 54.8 Å². The molecule has 1 amide bonds. The van der Waals surface area contributed by atoms with Crippen LogP contribution in [0.5, 0.6) is 5.75 Å². The number of amides is 1. The molecule has 2 aromatic carbocycles. The normalized spacial score (nSPS) is 12.3. The number of aryl methyl sites for hydroxylation is 1. The van der Waals surface area contributed by atoms with E-state index in [0.29, 0.717) is 17.1 Å². The molecule has 0 saturated heterocycles. The number of nitrogens with one attached hydrogen (secondary N) is 1. The molecule has 0 aliphatic rings. The van der Waals surface area contributed by atoms with Gasteiger partial charge >= 0.3 is 0 Å². The summed E-state index contributed by atoms with van der Waals surface area (Å²) in [6, 6.07) is 13.4. The first-order valence-electron chi connectivity index (χ1n) is 10.0.